The van der Waals surface area contributed by atoms with Gasteiger partial charge in [-0.1, -0.05) is 49.9 Å². The first-order valence-electron chi connectivity index (χ1n) is 10.8. The molecule has 0 atom stereocenters. The zero-order valence-corrected chi connectivity index (χ0v) is 19.2. The number of rotatable bonds is 12. The Hall–Kier alpha value is -2.49. The Morgan fingerprint density at radius 2 is 1.84 bits per heavy atom. The summed E-state index contributed by atoms with van der Waals surface area (Å²) in [5.74, 6) is 0.600. The molecule has 0 unspecified atom stereocenters. The van der Waals surface area contributed by atoms with Crippen LogP contribution in [0.1, 0.15) is 46.0 Å². The van der Waals surface area contributed by atoms with Gasteiger partial charge in [0.2, 0.25) is 5.96 Å². The van der Waals surface area contributed by atoms with Crippen LogP contribution in [0.25, 0.3) is 0 Å². The molecule has 1 aromatic rings. The van der Waals surface area contributed by atoms with Crippen LogP contribution in [0.15, 0.2) is 46.3 Å². The number of aliphatic imine (C=N–C) groups is 2. The van der Waals surface area contributed by atoms with Crippen molar-refractivity contribution in [1.82, 2.24) is 15.8 Å². The summed E-state index contributed by atoms with van der Waals surface area (Å²) in [5.41, 5.74) is 15.3. The van der Waals surface area contributed by atoms with Crippen LogP contribution in [0.4, 0.5) is 5.69 Å². The minimum Gasteiger partial charge on any atom is -0.370 e. The molecule has 1 aliphatic rings. The summed E-state index contributed by atoms with van der Waals surface area (Å²) in [4.78, 5) is 16.3. The second kappa shape index (κ2) is 13.7. The van der Waals surface area contributed by atoms with Gasteiger partial charge in [-0.05, 0) is 57.1 Å². The van der Waals surface area contributed by atoms with Crippen LogP contribution in [-0.2, 0) is 4.84 Å². The first-order valence-corrected chi connectivity index (χ1v) is 11.2. The van der Waals surface area contributed by atoms with Crippen molar-refractivity contribution in [2.45, 2.75) is 46.0 Å². The second-order valence-corrected chi connectivity index (χ2v) is 7.74. The number of nitrogens with two attached hydrogens (primary N) is 2. The Kier molecular flexibility index (Phi) is 11.0. The molecule has 0 saturated carbocycles. The molecule has 9 nitrogen and oxygen atoms in total. The summed E-state index contributed by atoms with van der Waals surface area (Å²) in [6.07, 6.45) is 7.47. The van der Waals surface area contributed by atoms with Crippen LogP contribution in [0, 0.1) is 0 Å². The maximum absolute atomic E-state index is 6.01. The van der Waals surface area contributed by atoms with E-state index in [-0.39, 0.29) is 17.8 Å². The lowest BCUT2D eigenvalue weighted by atomic mass is 10.2. The van der Waals surface area contributed by atoms with Gasteiger partial charge in [0.25, 0.3) is 5.88 Å². The van der Waals surface area contributed by atoms with Crippen LogP contribution in [0.3, 0.4) is 0 Å². The minimum absolute atomic E-state index is 0.0924. The van der Waals surface area contributed by atoms with E-state index in [9.17, 15) is 0 Å². The van der Waals surface area contributed by atoms with Crippen LogP contribution >= 0.6 is 11.6 Å². The van der Waals surface area contributed by atoms with E-state index in [1.54, 1.807) is 23.3 Å². The number of anilines is 1. The lowest BCUT2D eigenvalue weighted by molar-refractivity contribution is 0.129. The molecule has 0 aromatic heterocycles. The van der Waals surface area contributed by atoms with Crippen LogP contribution in [0.2, 0.25) is 5.02 Å². The quantitative estimate of drug-likeness (QED) is 0.220. The van der Waals surface area contributed by atoms with Gasteiger partial charge in [-0.25, -0.2) is 5.01 Å². The van der Waals surface area contributed by atoms with E-state index in [4.69, 9.17) is 27.9 Å². The van der Waals surface area contributed by atoms with Crippen LogP contribution in [-0.4, -0.2) is 43.0 Å². The van der Waals surface area contributed by atoms with Gasteiger partial charge < -0.3 is 21.2 Å². The van der Waals surface area contributed by atoms with E-state index >= 15 is 0 Å². The standard InChI is InChI=1S/C21H35ClN8O/c1-3-5-12-29(13-6-4-2)14-8-11-25-20(23)27-21(24)26-19-16-30(28-31-19)18-10-7-9-17(22)15-18/h7,9-10,15-16,28H,3-6,8,11-14H2,1-2H3,(H5,23,24,25,26,27). The van der Waals surface area contributed by atoms with Gasteiger partial charge in [0.1, 0.15) is 0 Å². The zero-order chi connectivity index (χ0) is 22.5. The van der Waals surface area contributed by atoms with Crippen LogP contribution in [0.5, 0.6) is 0 Å². The van der Waals surface area contributed by atoms with E-state index in [1.807, 2.05) is 12.1 Å². The summed E-state index contributed by atoms with van der Waals surface area (Å²) in [6, 6.07) is 7.30. The summed E-state index contributed by atoms with van der Waals surface area (Å²) in [5, 5.41) is 5.04. The molecule has 1 aromatic carbocycles. The van der Waals surface area contributed by atoms with Gasteiger partial charge in [-0.2, -0.15) is 4.99 Å². The highest BCUT2D eigenvalue weighted by Crippen LogP contribution is 2.21. The predicted molar refractivity (Wildman–Crippen MR) is 128 cm³/mol. The normalized spacial score (nSPS) is 14.7. The number of nitrogens with zero attached hydrogens (tertiary/aromatic N) is 4. The number of halogens is 1. The first-order chi connectivity index (χ1) is 15.0. The fourth-order valence-electron chi connectivity index (χ4n) is 2.97. The first kappa shape index (κ1) is 24.8. The van der Waals surface area contributed by atoms with Crippen molar-refractivity contribution in [1.29, 1.82) is 0 Å². The summed E-state index contributed by atoms with van der Waals surface area (Å²) < 4.78 is 0. The van der Waals surface area contributed by atoms with Gasteiger partial charge in [0.15, 0.2) is 5.96 Å². The van der Waals surface area contributed by atoms with E-state index in [1.165, 1.54) is 25.7 Å². The Bertz CT molecular complexity index is 760. The number of benzene rings is 1. The molecular weight excluding hydrogens is 416 g/mol. The molecular formula is C21H35ClN8O. The fraction of sp³-hybridized carbons (Fsp3) is 0.524. The average Bonchev–Trinajstić information content (AvgIpc) is 3.20. The molecule has 0 radical (unpaired) electrons. The molecule has 172 valence electrons. The molecule has 10 heteroatoms. The van der Waals surface area contributed by atoms with Crippen molar-refractivity contribution < 1.29 is 4.84 Å². The molecule has 6 N–H and O–H groups in total. The Labute approximate surface area is 190 Å². The number of guanidine groups is 2. The molecule has 0 bridgehead atoms. The highest BCUT2D eigenvalue weighted by molar-refractivity contribution is 6.30. The molecule has 0 spiro atoms. The largest absolute Gasteiger partial charge is 0.370 e. The minimum atomic E-state index is 0.0924. The maximum atomic E-state index is 6.01. The van der Waals surface area contributed by atoms with Gasteiger partial charge in [0, 0.05) is 11.6 Å². The Morgan fingerprint density at radius 3 is 2.52 bits per heavy atom. The lowest BCUT2D eigenvalue weighted by Gasteiger charge is -2.21. The number of hydrazine groups is 1. The zero-order valence-electron chi connectivity index (χ0n) is 18.5. The third-order valence-electron chi connectivity index (χ3n) is 4.63. The highest BCUT2D eigenvalue weighted by Gasteiger charge is 2.15. The highest BCUT2D eigenvalue weighted by atomic mass is 35.5. The average molecular weight is 451 g/mol. The topological polar surface area (TPSA) is 117 Å². The summed E-state index contributed by atoms with van der Waals surface area (Å²) >= 11 is 6.01. The number of nitrogens with one attached hydrogen (secondary N) is 2. The van der Waals surface area contributed by atoms with E-state index in [2.05, 4.69) is 39.6 Å². The smallest absolute Gasteiger partial charge is 0.261 e. The van der Waals surface area contributed by atoms with Crippen molar-refractivity contribution in [3.63, 3.8) is 0 Å². The monoisotopic (exact) mass is 450 g/mol. The lowest BCUT2D eigenvalue weighted by Crippen LogP contribution is -2.41. The van der Waals surface area contributed by atoms with Crippen molar-refractivity contribution in [2.75, 3.05) is 31.2 Å². The van der Waals surface area contributed by atoms with Crippen molar-refractivity contribution in [3.8, 4) is 0 Å². The van der Waals surface area contributed by atoms with Gasteiger partial charge in [0.05, 0.1) is 11.9 Å². The van der Waals surface area contributed by atoms with E-state index < -0.39 is 0 Å². The summed E-state index contributed by atoms with van der Waals surface area (Å²) in [7, 11) is 0. The maximum Gasteiger partial charge on any atom is 0.261 e. The molecule has 0 saturated heterocycles. The Balaban J connectivity index is 1.78. The number of unbranched alkanes of at least 4 members (excludes halogenated alkanes) is 2. The summed E-state index contributed by atoms with van der Waals surface area (Å²) in [6.45, 7) is 8.37. The third-order valence-corrected chi connectivity index (χ3v) is 4.87. The fourth-order valence-corrected chi connectivity index (χ4v) is 3.16. The van der Waals surface area contributed by atoms with Gasteiger partial charge in [-0.15, -0.1) is 0 Å². The molecule has 0 amide bonds. The van der Waals surface area contributed by atoms with Crippen molar-refractivity contribution in [3.05, 3.63) is 41.4 Å². The molecule has 1 aliphatic heterocycles. The molecule has 1 heterocycles. The van der Waals surface area contributed by atoms with Crippen molar-refractivity contribution in [2.24, 2.45) is 21.5 Å². The van der Waals surface area contributed by atoms with Crippen LogP contribution < -0.4 is 27.4 Å². The molecule has 0 aliphatic carbocycles. The third kappa shape index (κ3) is 9.46. The van der Waals surface area contributed by atoms with Crippen molar-refractivity contribution >= 4 is 29.2 Å². The van der Waals surface area contributed by atoms with E-state index in [0.717, 1.165) is 31.7 Å². The second-order valence-electron chi connectivity index (χ2n) is 7.30. The van der Waals surface area contributed by atoms with Gasteiger partial charge in [-0.3, -0.25) is 10.3 Å². The molecule has 0 fully saturated rings. The van der Waals surface area contributed by atoms with Gasteiger partial charge >= 0.3 is 0 Å². The SMILES string of the molecule is CCCCN(CCCC)CCCN=C(N)NC(N)=NC1=CN(c2cccc(Cl)c2)NO1. The molecule has 31 heavy (non-hydrogen) atoms. The number of hydrogen-bond donors (Lipinski definition) is 4. The van der Waals surface area contributed by atoms with E-state index in [0.29, 0.717) is 11.6 Å². The number of hydrogen-bond acceptors (Lipinski definition) is 6. The molecule has 2 rings (SSSR count). The Morgan fingerprint density at radius 1 is 1.13 bits per heavy atom. The predicted octanol–water partition coefficient (Wildman–Crippen LogP) is 2.91.